The van der Waals surface area contributed by atoms with Crippen LogP contribution in [0.25, 0.3) is 22.0 Å². The number of fused-ring (bicyclic) bond motifs is 1. The van der Waals surface area contributed by atoms with Gasteiger partial charge in [-0.1, -0.05) is 36.1 Å². The van der Waals surface area contributed by atoms with Crippen molar-refractivity contribution in [2.24, 2.45) is 0 Å². The third-order valence-corrected chi connectivity index (χ3v) is 4.93. The standard InChI is InChI=1S/C26H18F3NO/c1-31-13-12-18-4-11-25(30-16-18)21-7-6-19(24(28)15-21)5-2-17-3-9-22-20(14-17)8-10-23(27)26(22)29/h3-4,6-11,14-16H,12-13H2,1H3. The van der Waals surface area contributed by atoms with Gasteiger partial charge in [0.1, 0.15) is 5.82 Å². The van der Waals surface area contributed by atoms with Gasteiger partial charge in [0.05, 0.1) is 17.9 Å². The number of nitrogens with zero attached hydrogens (tertiary/aromatic N) is 1. The summed E-state index contributed by atoms with van der Waals surface area (Å²) in [6.07, 6.45) is 2.53. The first-order valence-corrected chi connectivity index (χ1v) is 9.69. The number of hydrogen-bond acceptors (Lipinski definition) is 2. The first kappa shape index (κ1) is 20.6. The van der Waals surface area contributed by atoms with Crippen molar-refractivity contribution in [2.75, 3.05) is 13.7 Å². The highest BCUT2D eigenvalue weighted by Crippen LogP contribution is 2.22. The number of benzene rings is 3. The molecule has 5 heteroatoms. The molecule has 0 amide bonds. The second-order valence-corrected chi connectivity index (χ2v) is 7.04. The summed E-state index contributed by atoms with van der Waals surface area (Å²) < 4.78 is 46.8. The molecule has 1 heterocycles. The number of rotatable bonds is 4. The summed E-state index contributed by atoms with van der Waals surface area (Å²) in [5.74, 6) is 3.44. The number of halogens is 3. The molecule has 0 aliphatic rings. The van der Waals surface area contributed by atoms with Crippen LogP contribution in [-0.4, -0.2) is 18.7 Å². The lowest BCUT2D eigenvalue weighted by Gasteiger charge is -2.05. The highest BCUT2D eigenvalue weighted by Gasteiger charge is 2.08. The molecular weight excluding hydrogens is 399 g/mol. The van der Waals surface area contributed by atoms with Crippen LogP contribution in [0.4, 0.5) is 13.2 Å². The van der Waals surface area contributed by atoms with Crippen LogP contribution in [0.2, 0.25) is 0 Å². The minimum absolute atomic E-state index is 0.182. The van der Waals surface area contributed by atoms with E-state index in [0.29, 0.717) is 28.8 Å². The van der Waals surface area contributed by atoms with E-state index in [2.05, 4.69) is 16.8 Å². The molecule has 0 unspecified atom stereocenters. The number of ether oxygens (including phenoxy) is 1. The van der Waals surface area contributed by atoms with E-state index in [1.54, 1.807) is 37.6 Å². The van der Waals surface area contributed by atoms with Gasteiger partial charge in [0.2, 0.25) is 0 Å². The van der Waals surface area contributed by atoms with E-state index in [4.69, 9.17) is 4.74 Å². The van der Waals surface area contributed by atoms with Crippen molar-refractivity contribution in [3.8, 4) is 23.1 Å². The average molecular weight is 417 g/mol. The zero-order chi connectivity index (χ0) is 21.8. The van der Waals surface area contributed by atoms with Crippen LogP contribution in [0.15, 0.2) is 66.9 Å². The molecule has 0 saturated carbocycles. The molecule has 0 spiro atoms. The van der Waals surface area contributed by atoms with Gasteiger partial charge in [-0.25, -0.2) is 13.2 Å². The van der Waals surface area contributed by atoms with Gasteiger partial charge < -0.3 is 4.74 Å². The van der Waals surface area contributed by atoms with Gasteiger partial charge in [-0.15, -0.1) is 0 Å². The highest BCUT2D eigenvalue weighted by molar-refractivity contribution is 5.84. The van der Waals surface area contributed by atoms with Crippen molar-refractivity contribution < 1.29 is 17.9 Å². The molecule has 2 nitrogen and oxygen atoms in total. The van der Waals surface area contributed by atoms with Gasteiger partial charge in [-0.05, 0) is 53.8 Å². The maximum Gasteiger partial charge on any atom is 0.166 e. The predicted octanol–water partition coefficient (Wildman–Crippen LogP) is 5.91. The lowest BCUT2D eigenvalue weighted by molar-refractivity contribution is 0.202. The van der Waals surface area contributed by atoms with Crippen LogP contribution in [0.1, 0.15) is 16.7 Å². The van der Waals surface area contributed by atoms with Crippen LogP contribution in [-0.2, 0) is 11.2 Å². The SMILES string of the molecule is COCCc1ccc(-c2ccc(C#Cc3ccc4c(F)c(F)ccc4c3)c(F)c2)nc1. The molecule has 0 aliphatic heterocycles. The lowest BCUT2D eigenvalue weighted by atomic mass is 10.0. The predicted molar refractivity (Wildman–Crippen MR) is 115 cm³/mol. The summed E-state index contributed by atoms with van der Waals surface area (Å²) in [6, 6.07) is 15.8. The van der Waals surface area contributed by atoms with E-state index in [-0.39, 0.29) is 10.9 Å². The Morgan fingerprint density at radius 1 is 0.871 bits per heavy atom. The van der Waals surface area contributed by atoms with E-state index < -0.39 is 17.5 Å². The summed E-state index contributed by atoms with van der Waals surface area (Å²) in [5.41, 5.74) is 3.20. The summed E-state index contributed by atoms with van der Waals surface area (Å²) in [7, 11) is 1.65. The van der Waals surface area contributed by atoms with Gasteiger partial charge in [-0.2, -0.15) is 0 Å². The summed E-state index contributed by atoms with van der Waals surface area (Å²) >= 11 is 0. The molecule has 0 fully saturated rings. The molecule has 0 aliphatic carbocycles. The van der Waals surface area contributed by atoms with Crippen molar-refractivity contribution in [3.05, 3.63) is 101 Å². The number of hydrogen-bond donors (Lipinski definition) is 0. The Balaban J connectivity index is 1.56. The van der Waals surface area contributed by atoms with Crippen molar-refractivity contribution in [2.45, 2.75) is 6.42 Å². The van der Waals surface area contributed by atoms with Gasteiger partial charge >= 0.3 is 0 Å². The molecular formula is C26H18F3NO. The fourth-order valence-corrected chi connectivity index (χ4v) is 3.22. The van der Waals surface area contributed by atoms with Crippen molar-refractivity contribution in [3.63, 3.8) is 0 Å². The first-order chi connectivity index (χ1) is 15.0. The zero-order valence-electron chi connectivity index (χ0n) is 16.8. The quantitative estimate of drug-likeness (QED) is 0.385. The van der Waals surface area contributed by atoms with E-state index in [0.717, 1.165) is 18.1 Å². The number of pyridine rings is 1. The Kier molecular flexibility index (Phi) is 6.01. The minimum atomic E-state index is -0.896. The molecule has 1 aromatic heterocycles. The monoisotopic (exact) mass is 417 g/mol. The zero-order valence-corrected chi connectivity index (χ0v) is 16.8. The molecule has 0 N–H and O–H groups in total. The Labute approximate surface area is 178 Å². The molecule has 154 valence electrons. The van der Waals surface area contributed by atoms with Crippen molar-refractivity contribution in [1.82, 2.24) is 4.98 Å². The molecule has 4 rings (SSSR count). The topological polar surface area (TPSA) is 22.1 Å². The Morgan fingerprint density at radius 2 is 1.74 bits per heavy atom. The molecule has 31 heavy (non-hydrogen) atoms. The van der Waals surface area contributed by atoms with E-state index in [9.17, 15) is 13.2 Å². The van der Waals surface area contributed by atoms with E-state index in [1.165, 1.54) is 18.2 Å². The number of methoxy groups -OCH3 is 1. The molecule has 3 aromatic carbocycles. The maximum atomic E-state index is 14.6. The largest absolute Gasteiger partial charge is 0.384 e. The first-order valence-electron chi connectivity index (χ1n) is 9.69. The van der Waals surface area contributed by atoms with Crippen LogP contribution in [0.3, 0.4) is 0 Å². The van der Waals surface area contributed by atoms with E-state index >= 15 is 0 Å². The van der Waals surface area contributed by atoms with Crippen molar-refractivity contribution in [1.29, 1.82) is 0 Å². The third kappa shape index (κ3) is 4.60. The Hall–Kier alpha value is -3.62. The molecule has 0 saturated heterocycles. The molecule has 4 aromatic rings. The van der Waals surface area contributed by atoms with Crippen molar-refractivity contribution >= 4 is 10.8 Å². The normalized spacial score (nSPS) is 10.7. The van der Waals surface area contributed by atoms with Crippen LogP contribution < -0.4 is 0 Å². The molecule has 0 bridgehead atoms. The second-order valence-electron chi connectivity index (χ2n) is 7.04. The minimum Gasteiger partial charge on any atom is -0.384 e. The van der Waals surface area contributed by atoms with Gasteiger partial charge in [-0.3, -0.25) is 4.98 Å². The lowest BCUT2D eigenvalue weighted by Crippen LogP contribution is -1.95. The smallest absolute Gasteiger partial charge is 0.166 e. The second kappa shape index (κ2) is 9.03. The van der Waals surface area contributed by atoms with Crippen LogP contribution >= 0.6 is 0 Å². The number of aromatic nitrogens is 1. The third-order valence-electron chi connectivity index (χ3n) is 4.93. The van der Waals surface area contributed by atoms with Gasteiger partial charge in [0.15, 0.2) is 11.6 Å². The summed E-state index contributed by atoms with van der Waals surface area (Å²) in [4.78, 5) is 4.39. The maximum absolute atomic E-state index is 14.6. The van der Waals surface area contributed by atoms with Gasteiger partial charge in [0, 0.05) is 29.8 Å². The summed E-state index contributed by atoms with van der Waals surface area (Å²) in [6.45, 7) is 0.617. The fraction of sp³-hybridized carbons (Fsp3) is 0.115. The van der Waals surface area contributed by atoms with Gasteiger partial charge in [0.25, 0.3) is 0 Å². The molecule has 0 radical (unpaired) electrons. The fourth-order valence-electron chi connectivity index (χ4n) is 3.22. The van der Waals surface area contributed by atoms with Crippen LogP contribution in [0.5, 0.6) is 0 Å². The van der Waals surface area contributed by atoms with Crippen LogP contribution in [0, 0.1) is 29.3 Å². The van der Waals surface area contributed by atoms with E-state index in [1.807, 2.05) is 12.1 Å². The Bertz CT molecular complexity index is 1300. The summed E-state index contributed by atoms with van der Waals surface area (Å²) in [5, 5.41) is 0.711. The highest BCUT2D eigenvalue weighted by atomic mass is 19.2. The Morgan fingerprint density at radius 3 is 2.48 bits per heavy atom. The molecule has 0 atom stereocenters. The average Bonchev–Trinajstić information content (AvgIpc) is 2.79.